The molecule has 9 atom stereocenters. The van der Waals surface area contributed by atoms with Crippen LogP contribution in [0.25, 0.3) is 0 Å². The zero-order valence-corrected chi connectivity index (χ0v) is 21.0. The standard InChI is InChI=1S/C26H44ClNO3/c1-6-18(19-10-11-23(30-4)24(15-19)31-5)13-21(12-17(3)29)22-14-20-9-7-8-16(2)25(20)28-26(22)27/h6,16,19-26,28H,7-15H2,1-5H3/b18-6+. The van der Waals surface area contributed by atoms with Gasteiger partial charge in [-0.05, 0) is 88.4 Å². The number of Topliss-reactive ketones (excluding diaryl/α,β-unsaturated/α-hetero) is 1. The van der Waals surface area contributed by atoms with Crippen molar-refractivity contribution in [3.05, 3.63) is 11.6 Å². The Morgan fingerprint density at radius 3 is 2.48 bits per heavy atom. The SMILES string of the molecule is C/C=C(\CC(CC(C)=O)C1CC2CCCC(C)C2NC1Cl)C1CCC(OC)C(OC)C1. The van der Waals surface area contributed by atoms with E-state index in [1.54, 1.807) is 21.1 Å². The van der Waals surface area contributed by atoms with E-state index in [2.05, 4.69) is 25.2 Å². The van der Waals surface area contributed by atoms with Crippen LogP contribution in [0, 0.1) is 29.6 Å². The second-order valence-corrected chi connectivity index (χ2v) is 10.9. The van der Waals surface area contributed by atoms with Crippen LogP contribution in [0.5, 0.6) is 0 Å². The minimum atomic E-state index is -0.0415. The molecule has 178 valence electrons. The Balaban J connectivity index is 1.72. The number of piperidine rings is 1. The van der Waals surface area contributed by atoms with Crippen LogP contribution in [0.15, 0.2) is 11.6 Å². The van der Waals surface area contributed by atoms with Crippen molar-refractivity contribution in [3.63, 3.8) is 0 Å². The van der Waals surface area contributed by atoms with Gasteiger partial charge in [-0.1, -0.05) is 25.0 Å². The molecule has 2 aliphatic carbocycles. The summed E-state index contributed by atoms with van der Waals surface area (Å²) in [6.45, 7) is 6.25. The first kappa shape index (κ1) is 25.2. The first-order valence-electron chi connectivity index (χ1n) is 12.5. The van der Waals surface area contributed by atoms with Crippen molar-refractivity contribution in [2.75, 3.05) is 14.2 Å². The first-order valence-corrected chi connectivity index (χ1v) is 12.9. The molecule has 1 N–H and O–H groups in total. The summed E-state index contributed by atoms with van der Waals surface area (Å²) in [7, 11) is 3.58. The summed E-state index contributed by atoms with van der Waals surface area (Å²) in [5.74, 6) is 2.83. The third-order valence-electron chi connectivity index (χ3n) is 8.54. The fraction of sp³-hybridized carbons (Fsp3) is 0.885. The average Bonchev–Trinajstić information content (AvgIpc) is 2.76. The number of ketones is 1. The zero-order valence-electron chi connectivity index (χ0n) is 20.2. The highest BCUT2D eigenvalue weighted by Gasteiger charge is 2.43. The van der Waals surface area contributed by atoms with E-state index in [1.165, 1.54) is 24.8 Å². The van der Waals surface area contributed by atoms with Crippen molar-refractivity contribution in [3.8, 4) is 0 Å². The van der Waals surface area contributed by atoms with Gasteiger partial charge in [0.2, 0.25) is 0 Å². The quantitative estimate of drug-likeness (QED) is 0.289. The first-order chi connectivity index (χ1) is 14.9. The fourth-order valence-corrected chi connectivity index (χ4v) is 7.28. The van der Waals surface area contributed by atoms with Gasteiger partial charge >= 0.3 is 0 Å². The molecular weight excluding hydrogens is 410 g/mol. The lowest BCUT2D eigenvalue weighted by atomic mass is 9.67. The van der Waals surface area contributed by atoms with Crippen molar-refractivity contribution in [1.29, 1.82) is 0 Å². The van der Waals surface area contributed by atoms with Gasteiger partial charge in [-0.25, -0.2) is 0 Å². The highest BCUT2D eigenvalue weighted by atomic mass is 35.5. The Bertz CT molecular complexity index is 624. The molecule has 0 spiro atoms. The summed E-state index contributed by atoms with van der Waals surface area (Å²) < 4.78 is 11.4. The van der Waals surface area contributed by atoms with E-state index in [0.717, 1.165) is 32.1 Å². The number of allylic oxidation sites excluding steroid dienone is 2. The number of fused-ring (bicyclic) bond motifs is 1. The predicted octanol–water partition coefficient (Wildman–Crippen LogP) is 5.73. The lowest BCUT2D eigenvalue weighted by Crippen LogP contribution is -2.55. The molecule has 9 unspecified atom stereocenters. The molecule has 3 rings (SSSR count). The summed E-state index contributed by atoms with van der Waals surface area (Å²) >= 11 is 6.96. The Morgan fingerprint density at radius 1 is 1.10 bits per heavy atom. The van der Waals surface area contributed by atoms with Gasteiger partial charge in [0.15, 0.2) is 0 Å². The number of nitrogens with one attached hydrogen (secondary N) is 1. The molecule has 1 aliphatic heterocycles. The van der Waals surface area contributed by atoms with E-state index in [1.807, 2.05) is 0 Å². The number of hydrogen-bond acceptors (Lipinski definition) is 4. The van der Waals surface area contributed by atoms with E-state index in [0.29, 0.717) is 42.1 Å². The van der Waals surface area contributed by atoms with Gasteiger partial charge in [0.25, 0.3) is 0 Å². The molecule has 0 aromatic carbocycles. The minimum Gasteiger partial charge on any atom is -0.379 e. The average molecular weight is 454 g/mol. The Kier molecular flexibility index (Phi) is 9.46. The van der Waals surface area contributed by atoms with E-state index in [9.17, 15) is 4.79 Å². The van der Waals surface area contributed by atoms with E-state index in [4.69, 9.17) is 21.1 Å². The molecule has 0 aromatic heterocycles. The normalized spacial score (nSPS) is 40.3. The largest absolute Gasteiger partial charge is 0.379 e. The molecule has 0 aromatic rings. The maximum Gasteiger partial charge on any atom is 0.130 e. The van der Waals surface area contributed by atoms with Gasteiger partial charge in [-0.2, -0.15) is 0 Å². The summed E-state index contributed by atoms with van der Waals surface area (Å²) in [6, 6.07) is 0.540. The van der Waals surface area contributed by atoms with Crippen molar-refractivity contribution in [2.24, 2.45) is 29.6 Å². The number of hydrogen-bond donors (Lipinski definition) is 1. The number of halogens is 1. The zero-order chi connectivity index (χ0) is 22.5. The van der Waals surface area contributed by atoms with Crippen LogP contribution in [-0.2, 0) is 14.3 Å². The van der Waals surface area contributed by atoms with E-state index in [-0.39, 0.29) is 23.5 Å². The van der Waals surface area contributed by atoms with Crippen LogP contribution in [-0.4, -0.2) is 43.8 Å². The Labute approximate surface area is 194 Å². The maximum atomic E-state index is 12.2. The molecule has 1 heterocycles. The van der Waals surface area contributed by atoms with Gasteiger partial charge < -0.3 is 14.3 Å². The van der Waals surface area contributed by atoms with Crippen LogP contribution in [0.4, 0.5) is 0 Å². The summed E-state index contributed by atoms with van der Waals surface area (Å²) in [4.78, 5) is 12.2. The third kappa shape index (κ3) is 6.13. The second kappa shape index (κ2) is 11.6. The Morgan fingerprint density at radius 2 is 1.84 bits per heavy atom. The topological polar surface area (TPSA) is 47.6 Å². The number of carbonyl (C=O) groups excluding carboxylic acids is 1. The molecule has 3 fully saturated rings. The molecule has 2 saturated carbocycles. The fourth-order valence-electron chi connectivity index (χ4n) is 6.82. The molecule has 0 amide bonds. The summed E-state index contributed by atoms with van der Waals surface area (Å²) in [6.07, 6.45) is 12.4. The smallest absolute Gasteiger partial charge is 0.130 e. The number of ether oxygens (including phenoxy) is 2. The third-order valence-corrected chi connectivity index (χ3v) is 8.99. The van der Waals surface area contributed by atoms with Crippen molar-refractivity contribution < 1.29 is 14.3 Å². The molecule has 3 aliphatic rings. The van der Waals surface area contributed by atoms with Crippen LogP contribution >= 0.6 is 11.6 Å². The monoisotopic (exact) mass is 453 g/mol. The number of carbonyl (C=O) groups is 1. The second-order valence-electron chi connectivity index (χ2n) is 10.5. The van der Waals surface area contributed by atoms with Gasteiger partial charge in [-0.3, -0.25) is 5.32 Å². The molecule has 31 heavy (non-hydrogen) atoms. The van der Waals surface area contributed by atoms with Gasteiger partial charge in [-0.15, -0.1) is 11.6 Å². The van der Waals surface area contributed by atoms with E-state index >= 15 is 0 Å². The van der Waals surface area contributed by atoms with Crippen LogP contribution in [0.2, 0.25) is 0 Å². The van der Waals surface area contributed by atoms with Crippen LogP contribution < -0.4 is 5.32 Å². The van der Waals surface area contributed by atoms with Crippen molar-refractivity contribution >= 4 is 17.4 Å². The number of rotatable bonds is 8. The van der Waals surface area contributed by atoms with Crippen LogP contribution in [0.3, 0.4) is 0 Å². The highest BCUT2D eigenvalue weighted by Crippen LogP contribution is 2.45. The maximum absolute atomic E-state index is 12.2. The van der Waals surface area contributed by atoms with Crippen molar-refractivity contribution in [1.82, 2.24) is 5.32 Å². The molecule has 0 radical (unpaired) electrons. The molecular formula is C26H44ClNO3. The molecule has 4 nitrogen and oxygen atoms in total. The lowest BCUT2D eigenvalue weighted by molar-refractivity contribution is -0.118. The van der Waals surface area contributed by atoms with Crippen molar-refractivity contribution in [2.45, 2.75) is 102 Å². The van der Waals surface area contributed by atoms with Crippen LogP contribution in [0.1, 0.15) is 78.6 Å². The molecule has 0 bridgehead atoms. The number of alkyl halides is 1. The molecule has 5 heteroatoms. The lowest BCUT2D eigenvalue weighted by Gasteiger charge is -2.48. The predicted molar refractivity (Wildman–Crippen MR) is 127 cm³/mol. The minimum absolute atomic E-state index is 0.0415. The Hall–Kier alpha value is -0.420. The van der Waals surface area contributed by atoms with Gasteiger partial charge in [0, 0.05) is 26.7 Å². The number of methoxy groups -OCH3 is 2. The van der Waals surface area contributed by atoms with E-state index < -0.39 is 0 Å². The van der Waals surface area contributed by atoms with Gasteiger partial charge in [0.05, 0.1) is 17.7 Å². The highest BCUT2D eigenvalue weighted by molar-refractivity contribution is 6.20. The summed E-state index contributed by atoms with van der Waals surface area (Å²) in [5.41, 5.74) is 1.44. The summed E-state index contributed by atoms with van der Waals surface area (Å²) in [5, 5.41) is 3.77. The molecule has 1 saturated heterocycles. The van der Waals surface area contributed by atoms with Gasteiger partial charge in [0.1, 0.15) is 5.78 Å².